The monoisotopic (exact) mass is 302 g/mol. The highest BCUT2D eigenvalue weighted by atomic mass is 16.5. The van der Waals surface area contributed by atoms with Gasteiger partial charge in [-0.15, -0.1) is 0 Å². The summed E-state index contributed by atoms with van der Waals surface area (Å²) in [5.41, 5.74) is 8.20. The highest BCUT2D eigenvalue weighted by Gasteiger charge is 2.11. The van der Waals surface area contributed by atoms with Crippen LogP contribution in [0.25, 0.3) is 11.5 Å². The lowest BCUT2D eigenvalue weighted by molar-refractivity contribution is -0.116. The number of carbonyl (C=O) groups is 1. The van der Waals surface area contributed by atoms with Gasteiger partial charge < -0.3 is 15.6 Å². The van der Waals surface area contributed by atoms with Crippen molar-refractivity contribution in [3.05, 3.63) is 29.6 Å². The van der Waals surface area contributed by atoms with Gasteiger partial charge in [0.15, 0.2) is 5.82 Å². The van der Waals surface area contributed by atoms with Crippen molar-refractivity contribution in [3.63, 3.8) is 0 Å². The van der Waals surface area contributed by atoms with Gasteiger partial charge in [0.25, 0.3) is 5.89 Å². The first-order valence-electron chi connectivity index (χ1n) is 7.48. The maximum atomic E-state index is 11.9. The number of aromatic nitrogens is 2. The Balaban J connectivity index is 2.14. The molecule has 1 atom stereocenters. The molecule has 0 saturated carbocycles. The fourth-order valence-corrected chi connectivity index (χ4v) is 1.98. The highest BCUT2D eigenvalue weighted by molar-refractivity contribution is 5.92. The molecule has 1 aromatic carbocycles. The van der Waals surface area contributed by atoms with Crippen molar-refractivity contribution in [2.24, 2.45) is 5.73 Å². The van der Waals surface area contributed by atoms with E-state index < -0.39 is 0 Å². The molecule has 6 nitrogen and oxygen atoms in total. The van der Waals surface area contributed by atoms with E-state index in [0.717, 1.165) is 23.2 Å². The van der Waals surface area contributed by atoms with Crippen LogP contribution in [0, 0.1) is 6.92 Å². The molecular weight excluding hydrogens is 280 g/mol. The Hall–Kier alpha value is -2.21. The molecule has 0 aliphatic heterocycles. The minimum atomic E-state index is -0.0441. The number of hydrogen-bond donors (Lipinski definition) is 2. The molecule has 1 amide bonds. The maximum Gasteiger partial charge on any atom is 0.257 e. The lowest BCUT2D eigenvalue weighted by Gasteiger charge is -2.10. The molecule has 3 N–H and O–H groups in total. The van der Waals surface area contributed by atoms with E-state index in [0.29, 0.717) is 24.6 Å². The molecule has 0 bridgehead atoms. The third-order valence-electron chi connectivity index (χ3n) is 3.37. The standard InChI is InChI=1S/C16H22N4O2/c1-4-14-19-16(22-20-14)12-7-5-10(2)13(9-12)18-15(21)8-6-11(3)17/h5,7,9,11H,4,6,8,17H2,1-3H3,(H,18,21). The van der Waals surface area contributed by atoms with Crippen LogP contribution in [0.5, 0.6) is 0 Å². The van der Waals surface area contributed by atoms with Gasteiger partial charge in [0.05, 0.1) is 0 Å². The Morgan fingerprint density at radius 3 is 2.86 bits per heavy atom. The third kappa shape index (κ3) is 4.14. The van der Waals surface area contributed by atoms with Gasteiger partial charge in [0.2, 0.25) is 5.91 Å². The molecular formula is C16H22N4O2. The van der Waals surface area contributed by atoms with E-state index in [-0.39, 0.29) is 11.9 Å². The van der Waals surface area contributed by atoms with E-state index in [1.165, 1.54) is 0 Å². The fourth-order valence-electron chi connectivity index (χ4n) is 1.98. The van der Waals surface area contributed by atoms with E-state index in [1.54, 1.807) is 0 Å². The van der Waals surface area contributed by atoms with Crippen molar-refractivity contribution in [3.8, 4) is 11.5 Å². The normalized spacial score (nSPS) is 12.2. The van der Waals surface area contributed by atoms with Crippen LogP contribution in [0.1, 0.15) is 38.1 Å². The van der Waals surface area contributed by atoms with Crippen molar-refractivity contribution in [1.82, 2.24) is 10.1 Å². The summed E-state index contributed by atoms with van der Waals surface area (Å²) >= 11 is 0. The van der Waals surface area contributed by atoms with Crippen molar-refractivity contribution in [1.29, 1.82) is 0 Å². The topological polar surface area (TPSA) is 94.0 Å². The van der Waals surface area contributed by atoms with Crippen LogP contribution >= 0.6 is 0 Å². The summed E-state index contributed by atoms with van der Waals surface area (Å²) in [5.74, 6) is 1.08. The molecule has 1 unspecified atom stereocenters. The first-order valence-corrected chi connectivity index (χ1v) is 7.48. The van der Waals surface area contributed by atoms with E-state index in [1.807, 2.05) is 39.0 Å². The molecule has 0 aliphatic rings. The Labute approximate surface area is 130 Å². The molecule has 118 valence electrons. The SMILES string of the molecule is CCc1noc(-c2ccc(C)c(NC(=O)CCC(C)N)c2)n1. The van der Waals surface area contributed by atoms with Crippen LogP contribution < -0.4 is 11.1 Å². The first kappa shape index (κ1) is 16.2. The smallest absolute Gasteiger partial charge is 0.257 e. The number of rotatable bonds is 6. The number of anilines is 1. The average Bonchev–Trinajstić information content (AvgIpc) is 2.96. The van der Waals surface area contributed by atoms with Crippen molar-refractivity contribution < 1.29 is 9.32 Å². The summed E-state index contributed by atoms with van der Waals surface area (Å²) in [5, 5.41) is 6.80. The number of hydrogen-bond acceptors (Lipinski definition) is 5. The largest absolute Gasteiger partial charge is 0.334 e. The molecule has 22 heavy (non-hydrogen) atoms. The number of aryl methyl sites for hydroxylation is 2. The molecule has 2 rings (SSSR count). The molecule has 1 aromatic heterocycles. The molecule has 0 spiro atoms. The third-order valence-corrected chi connectivity index (χ3v) is 3.37. The Bertz CT molecular complexity index is 649. The minimum Gasteiger partial charge on any atom is -0.334 e. The summed E-state index contributed by atoms with van der Waals surface area (Å²) < 4.78 is 5.23. The Morgan fingerprint density at radius 1 is 1.45 bits per heavy atom. The van der Waals surface area contributed by atoms with Crippen LogP contribution in [-0.2, 0) is 11.2 Å². The van der Waals surface area contributed by atoms with Crippen molar-refractivity contribution in [2.45, 2.75) is 46.1 Å². The van der Waals surface area contributed by atoms with Gasteiger partial charge in [-0.25, -0.2) is 0 Å². The number of nitrogens with zero attached hydrogens (tertiary/aromatic N) is 2. The summed E-state index contributed by atoms with van der Waals surface area (Å²) in [6.45, 7) is 5.80. The van der Waals surface area contributed by atoms with E-state index in [2.05, 4.69) is 15.5 Å². The summed E-state index contributed by atoms with van der Waals surface area (Å²) in [7, 11) is 0. The zero-order valence-electron chi connectivity index (χ0n) is 13.2. The molecule has 0 saturated heterocycles. The fraction of sp³-hybridized carbons (Fsp3) is 0.438. The average molecular weight is 302 g/mol. The second-order valence-corrected chi connectivity index (χ2v) is 5.46. The van der Waals surface area contributed by atoms with Crippen LogP contribution in [0.15, 0.2) is 22.7 Å². The molecule has 0 fully saturated rings. The van der Waals surface area contributed by atoms with Crippen LogP contribution in [0.2, 0.25) is 0 Å². The summed E-state index contributed by atoms with van der Waals surface area (Å²) in [4.78, 5) is 16.3. The minimum absolute atomic E-state index is 0.0176. The number of amides is 1. The number of carbonyl (C=O) groups excluding carboxylic acids is 1. The Morgan fingerprint density at radius 2 is 2.23 bits per heavy atom. The molecule has 0 radical (unpaired) electrons. The van der Waals surface area contributed by atoms with Gasteiger partial charge >= 0.3 is 0 Å². The summed E-state index contributed by atoms with van der Waals surface area (Å²) in [6.07, 6.45) is 1.78. The Kier molecular flexibility index (Phi) is 5.27. The van der Waals surface area contributed by atoms with Gasteiger partial charge in [-0.05, 0) is 38.0 Å². The number of nitrogens with two attached hydrogens (primary N) is 1. The lowest BCUT2D eigenvalue weighted by atomic mass is 10.1. The van der Waals surface area contributed by atoms with Crippen molar-refractivity contribution >= 4 is 11.6 Å². The summed E-state index contributed by atoms with van der Waals surface area (Å²) in [6, 6.07) is 5.70. The van der Waals surface area contributed by atoms with E-state index in [4.69, 9.17) is 10.3 Å². The van der Waals surface area contributed by atoms with Gasteiger partial charge in [-0.2, -0.15) is 4.98 Å². The second-order valence-electron chi connectivity index (χ2n) is 5.46. The predicted molar refractivity (Wildman–Crippen MR) is 85.4 cm³/mol. The van der Waals surface area contributed by atoms with E-state index in [9.17, 15) is 4.79 Å². The van der Waals surface area contributed by atoms with Crippen molar-refractivity contribution in [2.75, 3.05) is 5.32 Å². The van der Waals surface area contributed by atoms with Crippen LogP contribution in [0.3, 0.4) is 0 Å². The molecule has 2 aromatic rings. The number of nitrogens with one attached hydrogen (secondary N) is 1. The molecule has 1 heterocycles. The van der Waals surface area contributed by atoms with Crippen LogP contribution in [-0.4, -0.2) is 22.1 Å². The quantitative estimate of drug-likeness (QED) is 0.855. The first-order chi connectivity index (χ1) is 10.5. The zero-order valence-corrected chi connectivity index (χ0v) is 13.2. The number of benzene rings is 1. The van der Waals surface area contributed by atoms with Gasteiger partial charge in [0.1, 0.15) is 0 Å². The second kappa shape index (κ2) is 7.17. The predicted octanol–water partition coefficient (Wildman–Crippen LogP) is 2.67. The maximum absolute atomic E-state index is 11.9. The highest BCUT2D eigenvalue weighted by Crippen LogP contribution is 2.24. The van der Waals surface area contributed by atoms with Gasteiger partial charge in [0, 0.05) is 30.1 Å². The lowest BCUT2D eigenvalue weighted by Crippen LogP contribution is -2.19. The zero-order chi connectivity index (χ0) is 16.1. The molecule has 0 aliphatic carbocycles. The van der Waals surface area contributed by atoms with Gasteiger partial charge in [-0.1, -0.05) is 18.1 Å². The van der Waals surface area contributed by atoms with Crippen LogP contribution in [0.4, 0.5) is 5.69 Å². The van der Waals surface area contributed by atoms with Gasteiger partial charge in [-0.3, -0.25) is 4.79 Å². The molecule has 6 heteroatoms. The van der Waals surface area contributed by atoms with E-state index >= 15 is 0 Å².